The second-order valence-corrected chi connectivity index (χ2v) is 5.21. The zero-order valence-electron chi connectivity index (χ0n) is 10.8. The van der Waals surface area contributed by atoms with E-state index in [1.807, 2.05) is 13.0 Å². The maximum Gasteiger partial charge on any atom is 0.292 e. The number of aryl methyl sites for hydroxylation is 1. The minimum atomic E-state index is -0.327. The van der Waals surface area contributed by atoms with Crippen molar-refractivity contribution in [2.24, 2.45) is 0 Å². The van der Waals surface area contributed by atoms with Gasteiger partial charge in [0, 0.05) is 11.6 Å². The molecule has 18 heavy (non-hydrogen) atoms. The van der Waals surface area contributed by atoms with Gasteiger partial charge in [-0.3, -0.25) is 10.1 Å². The highest BCUT2D eigenvalue weighted by molar-refractivity contribution is 5.63. The van der Waals surface area contributed by atoms with Gasteiger partial charge in [0.1, 0.15) is 5.69 Å². The Hall–Kier alpha value is -1.62. The van der Waals surface area contributed by atoms with E-state index in [4.69, 9.17) is 0 Å². The summed E-state index contributed by atoms with van der Waals surface area (Å²) < 4.78 is 0. The highest BCUT2D eigenvalue weighted by Gasteiger charge is 2.28. The molecule has 2 N–H and O–H groups in total. The number of nitro groups is 1. The molecule has 1 aromatic rings. The van der Waals surface area contributed by atoms with Crippen molar-refractivity contribution in [2.45, 2.75) is 32.2 Å². The monoisotopic (exact) mass is 249 g/mol. The molecular weight excluding hydrogens is 230 g/mol. The maximum atomic E-state index is 11.0. The molecule has 0 radical (unpaired) electrons. The molecule has 98 valence electrons. The van der Waals surface area contributed by atoms with Crippen molar-refractivity contribution in [1.82, 2.24) is 5.32 Å². The Morgan fingerprint density at radius 3 is 2.67 bits per heavy atom. The molecule has 0 aromatic heterocycles. The largest absolute Gasteiger partial charge is 0.374 e. The van der Waals surface area contributed by atoms with Gasteiger partial charge in [0.15, 0.2) is 0 Å². The lowest BCUT2D eigenvalue weighted by Crippen LogP contribution is -2.45. The van der Waals surface area contributed by atoms with Gasteiger partial charge in [-0.15, -0.1) is 0 Å². The molecular formula is C13H19N3O2. The van der Waals surface area contributed by atoms with Gasteiger partial charge >= 0.3 is 0 Å². The highest BCUT2D eigenvalue weighted by atomic mass is 16.6. The molecule has 1 aliphatic rings. The predicted octanol–water partition coefficient (Wildman–Crippen LogP) is 2.46. The van der Waals surface area contributed by atoms with Gasteiger partial charge in [-0.1, -0.05) is 6.07 Å². The number of benzene rings is 1. The standard InChI is InChI=1S/C13H19N3O2/c1-10-3-4-12(16(17)18)11(9-10)15-13(2)5-7-14-8-6-13/h3-4,9,14-15H,5-8H2,1-2H3. The summed E-state index contributed by atoms with van der Waals surface area (Å²) in [4.78, 5) is 10.7. The normalized spacial score (nSPS) is 18.3. The minimum Gasteiger partial charge on any atom is -0.374 e. The fraction of sp³-hybridized carbons (Fsp3) is 0.538. The summed E-state index contributed by atoms with van der Waals surface area (Å²) in [6.07, 6.45) is 1.94. The average molecular weight is 249 g/mol. The summed E-state index contributed by atoms with van der Waals surface area (Å²) in [5.41, 5.74) is 1.74. The molecule has 0 saturated carbocycles. The van der Waals surface area contributed by atoms with Crippen LogP contribution < -0.4 is 10.6 Å². The van der Waals surface area contributed by atoms with Gasteiger partial charge in [-0.05, 0) is 51.4 Å². The third-order valence-electron chi connectivity index (χ3n) is 3.49. The second kappa shape index (κ2) is 4.94. The third kappa shape index (κ3) is 2.79. The van der Waals surface area contributed by atoms with E-state index in [-0.39, 0.29) is 16.1 Å². The number of nitro benzene ring substituents is 1. The highest BCUT2D eigenvalue weighted by Crippen LogP contribution is 2.31. The molecule has 1 aromatic carbocycles. The third-order valence-corrected chi connectivity index (χ3v) is 3.49. The van der Waals surface area contributed by atoms with Crippen LogP contribution in [0.15, 0.2) is 18.2 Å². The first kappa shape index (κ1) is 12.8. The van der Waals surface area contributed by atoms with Crippen LogP contribution in [-0.2, 0) is 0 Å². The Morgan fingerprint density at radius 2 is 2.06 bits per heavy atom. The number of nitrogens with zero attached hydrogens (tertiary/aromatic N) is 1. The fourth-order valence-electron chi connectivity index (χ4n) is 2.34. The van der Waals surface area contributed by atoms with Crippen molar-refractivity contribution < 1.29 is 4.92 Å². The number of nitrogens with one attached hydrogen (secondary N) is 2. The molecule has 0 bridgehead atoms. The summed E-state index contributed by atoms with van der Waals surface area (Å²) in [5, 5.41) is 17.7. The van der Waals surface area contributed by atoms with Gasteiger partial charge in [0.2, 0.25) is 0 Å². The Labute approximate surface area is 107 Å². The van der Waals surface area contributed by atoms with E-state index in [1.165, 1.54) is 0 Å². The van der Waals surface area contributed by atoms with E-state index in [1.54, 1.807) is 12.1 Å². The first-order chi connectivity index (χ1) is 8.50. The molecule has 1 aliphatic heterocycles. The van der Waals surface area contributed by atoms with Gasteiger partial charge in [0.25, 0.3) is 5.69 Å². The Kier molecular flexibility index (Phi) is 3.52. The van der Waals surface area contributed by atoms with Gasteiger partial charge in [-0.2, -0.15) is 0 Å². The first-order valence-corrected chi connectivity index (χ1v) is 6.24. The zero-order chi connectivity index (χ0) is 13.2. The van der Waals surface area contributed by atoms with E-state index in [2.05, 4.69) is 17.6 Å². The van der Waals surface area contributed by atoms with Crippen molar-refractivity contribution in [2.75, 3.05) is 18.4 Å². The molecule has 2 rings (SSSR count). The SMILES string of the molecule is Cc1ccc([N+](=O)[O-])c(NC2(C)CCNCC2)c1. The molecule has 1 fully saturated rings. The summed E-state index contributed by atoms with van der Waals surface area (Å²) >= 11 is 0. The number of piperidine rings is 1. The molecule has 1 saturated heterocycles. The van der Waals surface area contributed by atoms with Crippen LogP contribution in [0.4, 0.5) is 11.4 Å². The van der Waals surface area contributed by atoms with E-state index in [0.717, 1.165) is 31.5 Å². The lowest BCUT2D eigenvalue weighted by Gasteiger charge is -2.35. The van der Waals surface area contributed by atoms with Crippen molar-refractivity contribution in [3.63, 3.8) is 0 Å². The predicted molar refractivity (Wildman–Crippen MR) is 72.0 cm³/mol. The smallest absolute Gasteiger partial charge is 0.292 e. The first-order valence-electron chi connectivity index (χ1n) is 6.24. The zero-order valence-corrected chi connectivity index (χ0v) is 10.8. The maximum absolute atomic E-state index is 11.0. The van der Waals surface area contributed by atoms with Crippen LogP contribution in [0.2, 0.25) is 0 Å². The van der Waals surface area contributed by atoms with Crippen molar-refractivity contribution in [3.8, 4) is 0 Å². The Bertz CT molecular complexity index is 454. The molecule has 0 amide bonds. The summed E-state index contributed by atoms with van der Waals surface area (Å²) in [5.74, 6) is 0. The van der Waals surface area contributed by atoms with Gasteiger partial charge < -0.3 is 10.6 Å². The van der Waals surface area contributed by atoms with E-state index >= 15 is 0 Å². The molecule has 1 heterocycles. The van der Waals surface area contributed by atoms with E-state index < -0.39 is 0 Å². The summed E-state index contributed by atoms with van der Waals surface area (Å²) in [6.45, 7) is 5.96. The van der Waals surface area contributed by atoms with E-state index in [0.29, 0.717) is 5.69 Å². The number of hydrogen-bond donors (Lipinski definition) is 2. The molecule has 5 nitrogen and oxygen atoms in total. The molecule has 0 aliphatic carbocycles. The molecule has 5 heteroatoms. The Balaban J connectivity index is 2.26. The number of rotatable bonds is 3. The average Bonchev–Trinajstić information content (AvgIpc) is 2.28. The van der Waals surface area contributed by atoms with Gasteiger partial charge in [-0.25, -0.2) is 0 Å². The fourth-order valence-corrected chi connectivity index (χ4v) is 2.34. The number of hydrogen-bond acceptors (Lipinski definition) is 4. The van der Waals surface area contributed by atoms with Crippen LogP contribution in [0.3, 0.4) is 0 Å². The van der Waals surface area contributed by atoms with E-state index in [9.17, 15) is 10.1 Å². The number of anilines is 1. The molecule has 0 spiro atoms. The van der Waals surface area contributed by atoms with Crippen LogP contribution >= 0.6 is 0 Å². The van der Waals surface area contributed by atoms with Crippen molar-refractivity contribution >= 4 is 11.4 Å². The molecule has 0 unspecified atom stereocenters. The van der Waals surface area contributed by atoms with Crippen LogP contribution in [-0.4, -0.2) is 23.6 Å². The van der Waals surface area contributed by atoms with Crippen molar-refractivity contribution in [3.05, 3.63) is 33.9 Å². The lowest BCUT2D eigenvalue weighted by atomic mass is 9.90. The molecule has 0 atom stereocenters. The van der Waals surface area contributed by atoms with Crippen LogP contribution in [0.5, 0.6) is 0 Å². The Morgan fingerprint density at radius 1 is 1.39 bits per heavy atom. The minimum absolute atomic E-state index is 0.0657. The van der Waals surface area contributed by atoms with Crippen LogP contribution in [0.25, 0.3) is 0 Å². The van der Waals surface area contributed by atoms with Crippen LogP contribution in [0, 0.1) is 17.0 Å². The quantitative estimate of drug-likeness (QED) is 0.638. The van der Waals surface area contributed by atoms with Gasteiger partial charge in [0.05, 0.1) is 4.92 Å². The summed E-state index contributed by atoms with van der Waals surface area (Å²) in [6, 6.07) is 5.20. The van der Waals surface area contributed by atoms with Crippen LogP contribution in [0.1, 0.15) is 25.3 Å². The summed E-state index contributed by atoms with van der Waals surface area (Å²) in [7, 11) is 0. The van der Waals surface area contributed by atoms with Crippen molar-refractivity contribution in [1.29, 1.82) is 0 Å². The second-order valence-electron chi connectivity index (χ2n) is 5.21. The lowest BCUT2D eigenvalue weighted by molar-refractivity contribution is -0.384. The topological polar surface area (TPSA) is 67.2 Å².